The van der Waals surface area contributed by atoms with Crippen molar-refractivity contribution in [2.24, 2.45) is 11.7 Å². The highest BCUT2D eigenvalue weighted by Crippen LogP contribution is 2.25. The molecule has 0 bridgehead atoms. The van der Waals surface area contributed by atoms with Gasteiger partial charge in [-0.1, -0.05) is 0 Å². The second-order valence-corrected chi connectivity index (χ2v) is 6.11. The predicted molar refractivity (Wildman–Crippen MR) is 80.2 cm³/mol. The summed E-state index contributed by atoms with van der Waals surface area (Å²) in [6, 6.07) is 4.64. The normalized spacial score (nSPS) is 24.6. The first-order valence-electron chi connectivity index (χ1n) is 6.23. The maximum Gasteiger partial charge on any atom is 0.101 e. The van der Waals surface area contributed by atoms with Gasteiger partial charge in [-0.25, -0.2) is 4.98 Å². The molecule has 1 aromatic rings. The fourth-order valence-electron chi connectivity index (χ4n) is 2.46. The fourth-order valence-corrected chi connectivity index (χ4v) is 2.78. The Hall–Kier alpha value is -0.360. The lowest BCUT2D eigenvalue weighted by molar-refractivity contribution is 0.330. The quantitative estimate of drug-likeness (QED) is 0.677. The lowest BCUT2D eigenvalue weighted by Gasteiger charge is -2.30. The van der Waals surface area contributed by atoms with Gasteiger partial charge in [0.25, 0.3) is 0 Å². The second kappa shape index (κ2) is 6.00. The van der Waals surface area contributed by atoms with Gasteiger partial charge in [0.05, 0.1) is 11.9 Å². The molecule has 0 saturated heterocycles. The van der Waals surface area contributed by atoms with Crippen molar-refractivity contribution in [1.82, 2.24) is 4.98 Å². The van der Waals surface area contributed by atoms with Crippen molar-refractivity contribution < 1.29 is 0 Å². The summed E-state index contributed by atoms with van der Waals surface area (Å²) in [5, 5.41) is 0. The van der Waals surface area contributed by atoms with E-state index in [0.29, 0.717) is 6.04 Å². The zero-order valence-electron chi connectivity index (χ0n) is 10.3. The molecular formula is C13H20IN3. The van der Waals surface area contributed by atoms with Gasteiger partial charge in [0.2, 0.25) is 0 Å². The molecular weight excluding hydrogens is 325 g/mol. The summed E-state index contributed by atoms with van der Waals surface area (Å²) in [5.41, 5.74) is 7.14. The van der Waals surface area contributed by atoms with Crippen molar-refractivity contribution in [2.75, 3.05) is 18.5 Å². The summed E-state index contributed by atoms with van der Waals surface area (Å²) in [4.78, 5) is 6.64. The van der Waals surface area contributed by atoms with E-state index in [2.05, 4.69) is 51.7 Å². The number of rotatable bonds is 3. The molecule has 0 amide bonds. The smallest absolute Gasteiger partial charge is 0.101 e. The van der Waals surface area contributed by atoms with Crippen LogP contribution in [0.25, 0.3) is 0 Å². The first-order chi connectivity index (χ1) is 8.15. The van der Waals surface area contributed by atoms with Crippen LogP contribution in [0.2, 0.25) is 0 Å². The van der Waals surface area contributed by atoms with Crippen molar-refractivity contribution in [3.05, 3.63) is 22.0 Å². The molecule has 0 atom stereocenters. The SMILES string of the molecule is CN(CC1CCC(N)CC1)c1ccc(I)nc1. The Morgan fingerprint density at radius 1 is 1.35 bits per heavy atom. The van der Waals surface area contributed by atoms with Gasteiger partial charge in [-0.3, -0.25) is 0 Å². The van der Waals surface area contributed by atoms with Crippen molar-refractivity contribution in [3.8, 4) is 0 Å². The summed E-state index contributed by atoms with van der Waals surface area (Å²) in [6.07, 6.45) is 6.86. The number of anilines is 1. The Labute approximate surface area is 117 Å². The van der Waals surface area contributed by atoms with E-state index in [0.717, 1.165) is 16.2 Å². The Kier molecular flexibility index (Phi) is 4.62. The fraction of sp³-hybridized carbons (Fsp3) is 0.615. The minimum atomic E-state index is 0.441. The molecule has 1 fully saturated rings. The molecule has 2 rings (SSSR count). The number of nitrogens with zero attached hydrogens (tertiary/aromatic N) is 2. The molecule has 3 nitrogen and oxygen atoms in total. The summed E-state index contributed by atoms with van der Waals surface area (Å²) in [7, 11) is 2.15. The molecule has 17 heavy (non-hydrogen) atoms. The largest absolute Gasteiger partial charge is 0.373 e. The molecule has 0 aromatic carbocycles. The van der Waals surface area contributed by atoms with Crippen molar-refractivity contribution in [3.63, 3.8) is 0 Å². The minimum absolute atomic E-state index is 0.441. The lowest BCUT2D eigenvalue weighted by Crippen LogP contribution is -2.32. The lowest BCUT2D eigenvalue weighted by atomic mass is 9.86. The summed E-state index contributed by atoms with van der Waals surface area (Å²) in [5.74, 6) is 0.791. The number of halogens is 1. The van der Waals surface area contributed by atoms with Crippen LogP contribution in [-0.2, 0) is 0 Å². The predicted octanol–water partition coefficient (Wildman–Crippen LogP) is 2.64. The van der Waals surface area contributed by atoms with Crippen LogP contribution in [-0.4, -0.2) is 24.6 Å². The van der Waals surface area contributed by atoms with Gasteiger partial charge < -0.3 is 10.6 Å². The van der Waals surface area contributed by atoms with Gasteiger partial charge >= 0.3 is 0 Å². The van der Waals surface area contributed by atoms with Gasteiger partial charge in [-0.15, -0.1) is 0 Å². The zero-order valence-corrected chi connectivity index (χ0v) is 12.4. The molecule has 0 radical (unpaired) electrons. The Balaban J connectivity index is 1.88. The van der Waals surface area contributed by atoms with Gasteiger partial charge in [-0.05, 0) is 66.3 Å². The standard InChI is InChI=1S/C13H20IN3/c1-17(12-6-7-13(14)16-8-12)9-10-2-4-11(15)5-3-10/h6-8,10-11H,2-5,9,15H2,1H3. The van der Waals surface area contributed by atoms with Crippen LogP contribution in [0.1, 0.15) is 25.7 Å². The molecule has 4 heteroatoms. The van der Waals surface area contributed by atoms with Crippen LogP contribution < -0.4 is 10.6 Å². The van der Waals surface area contributed by atoms with E-state index in [1.54, 1.807) is 0 Å². The molecule has 0 aliphatic heterocycles. The third kappa shape index (κ3) is 3.81. The van der Waals surface area contributed by atoms with Crippen LogP contribution in [0.4, 0.5) is 5.69 Å². The van der Waals surface area contributed by atoms with Crippen molar-refractivity contribution in [2.45, 2.75) is 31.7 Å². The van der Waals surface area contributed by atoms with Gasteiger partial charge in [0.1, 0.15) is 3.70 Å². The number of aromatic nitrogens is 1. The van der Waals surface area contributed by atoms with E-state index < -0.39 is 0 Å². The number of hydrogen-bond acceptors (Lipinski definition) is 3. The second-order valence-electron chi connectivity index (χ2n) is 5.00. The first-order valence-corrected chi connectivity index (χ1v) is 7.31. The Morgan fingerprint density at radius 2 is 2.06 bits per heavy atom. The van der Waals surface area contributed by atoms with E-state index in [9.17, 15) is 0 Å². The number of hydrogen-bond donors (Lipinski definition) is 1. The van der Waals surface area contributed by atoms with E-state index in [1.807, 2.05) is 6.20 Å². The number of pyridine rings is 1. The highest BCUT2D eigenvalue weighted by molar-refractivity contribution is 14.1. The minimum Gasteiger partial charge on any atom is -0.373 e. The van der Waals surface area contributed by atoms with E-state index in [4.69, 9.17) is 5.73 Å². The Bertz CT molecular complexity index is 344. The first kappa shape index (κ1) is 13.1. The van der Waals surface area contributed by atoms with Crippen LogP contribution in [0.5, 0.6) is 0 Å². The van der Waals surface area contributed by atoms with Gasteiger partial charge in [-0.2, -0.15) is 0 Å². The van der Waals surface area contributed by atoms with Crippen LogP contribution in [0.3, 0.4) is 0 Å². The number of nitrogens with two attached hydrogens (primary N) is 1. The van der Waals surface area contributed by atoms with Crippen LogP contribution in [0, 0.1) is 9.62 Å². The van der Waals surface area contributed by atoms with Crippen molar-refractivity contribution in [1.29, 1.82) is 0 Å². The molecule has 1 aromatic heterocycles. The van der Waals surface area contributed by atoms with Crippen molar-refractivity contribution >= 4 is 28.3 Å². The Morgan fingerprint density at radius 3 is 2.65 bits per heavy atom. The highest BCUT2D eigenvalue weighted by atomic mass is 127. The monoisotopic (exact) mass is 345 g/mol. The third-order valence-electron chi connectivity index (χ3n) is 3.58. The van der Waals surface area contributed by atoms with E-state index in [-0.39, 0.29) is 0 Å². The van der Waals surface area contributed by atoms with Gasteiger partial charge in [0.15, 0.2) is 0 Å². The molecule has 1 aliphatic carbocycles. The molecule has 1 aliphatic rings. The zero-order chi connectivity index (χ0) is 12.3. The average Bonchev–Trinajstić information content (AvgIpc) is 2.33. The van der Waals surface area contributed by atoms with Crippen LogP contribution in [0.15, 0.2) is 18.3 Å². The molecule has 1 saturated carbocycles. The van der Waals surface area contributed by atoms with Gasteiger partial charge in [0, 0.05) is 19.6 Å². The molecule has 1 heterocycles. The summed E-state index contributed by atoms with van der Waals surface area (Å²) >= 11 is 2.23. The average molecular weight is 345 g/mol. The topological polar surface area (TPSA) is 42.1 Å². The third-order valence-corrected chi connectivity index (χ3v) is 4.21. The molecule has 2 N–H and O–H groups in total. The molecule has 94 valence electrons. The van der Waals surface area contributed by atoms with Crippen LogP contribution >= 0.6 is 22.6 Å². The van der Waals surface area contributed by atoms with E-state index in [1.165, 1.54) is 31.4 Å². The van der Waals surface area contributed by atoms with E-state index >= 15 is 0 Å². The summed E-state index contributed by atoms with van der Waals surface area (Å²) < 4.78 is 1.04. The summed E-state index contributed by atoms with van der Waals surface area (Å²) in [6.45, 7) is 1.12. The maximum atomic E-state index is 5.93. The molecule has 0 unspecified atom stereocenters. The maximum absolute atomic E-state index is 5.93. The highest BCUT2D eigenvalue weighted by Gasteiger charge is 2.19. The molecule has 0 spiro atoms.